The molecule has 0 unspecified atom stereocenters. The largest absolute Gasteiger partial charge is 0.345 e. The highest BCUT2D eigenvalue weighted by Gasteiger charge is 2.51. The fourth-order valence-corrected chi connectivity index (χ4v) is 5.07. The van der Waals surface area contributed by atoms with E-state index in [0.717, 1.165) is 24.2 Å². The monoisotopic (exact) mass is 282 g/mol. The van der Waals surface area contributed by atoms with Gasteiger partial charge in [0.05, 0.1) is 12.2 Å². The molecule has 1 aliphatic carbocycles. The van der Waals surface area contributed by atoms with Crippen LogP contribution in [0.2, 0.25) is 0 Å². The molecule has 0 aromatic heterocycles. The summed E-state index contributed by atoms with van der Waals surface area (Å²) >= 11 is 0. The van der Waals surface area contributed by atoms with Crippen molar-refractivity contribution < 1.29 is 9.47 Å². The Morgan fingerprint density at radius 3 is 2.20 bits per heavy atom. The summed E-state index contributed by atoms with van der Waals surface area (Å²) in [5, 5.41) is 0. The first-order valence-corrected chi connectivity index (χ1v) is 8.57. The first kappa shape index (κ1) is 16.3. The van der Waals surface area contributed by atoms with E-state index >= 15 is 0 Å². The number of ether oxygens (including phenoxy) is 2. The predicted molar refractivity (Wildman–Crippen MR) is 83.6 cm³/mol. The smallest absolute Gasteiger partial charge is 0.163 e. The molecule has 1 saturated carbocycles. The van der Waals surface area contributed by atoms with Crippen LogP contribution in [0.3, 0.4) is 0 Å². The van der Waals surface area contributed by atoms with Crippen molar-refractivity contribution in [3.63, 3.8) is 0 Å². The Kier molecular flexibility index (Phi) is 4.57. The lowest BCUT2D eigenvalue weighted by Crippen LogP contribution is -2.39. The highest BCUT2D eigenvalue weighted by molar-refractivity contribution is 4.99. The highest BCUT2D eigenvalue weighted by Crippen LogP contribution is 2.56. The molecule has 2 heteroatoms. The molecule has 2 aliphatic rings. The third-order valence-electron chi connectivity index (χ3n) is 6.10. The Bertz CT molecular complexity index is 336. The molecule has 0 bridgehead atoms. The maximum Gasteiger partial charge on any atom is 0.163 e. The van der Waals surface area contributed by atoms with Crippen molar-refractivity contribution in [1.82, 2.24) is 0 Å². The second-order valence-electron chi connectivity index (χ2n) is 8.00. The number of hydrogen-bond acceptors (Lipinski definition) is 2. The van der Waals surface area contributed by atoms with Crippen LogP contribution in [0.5, 0.6) is 0 Å². The average molecular weight is 282 g/mol. The normalized spacial score (nSPS) is 44.4. The maximum absolute atomic E-state index is 6.20. The van der Waals surface area contributed by atoms with Crippen LogP contribution in [0.4, 0.5) is 0 Å². The molecule has 0 N–H and O–H groups in total. The van der Waals surface area contributed by atoms with Crippen molar-refractivity contribution in [2.45, 2.75) is 92.1 Å². The minimum atomic E-state index is -0.409. The summed E-state index contributed by atoms with van der Waals surface area (Å²) in [6.45, 7) is 15.9. The van der Waals surface area contributed by atoms with Crippen molar-refractivity contribution in [2.24, 2.45) is 23.2 Å². The number of rotatable bonds is 4. The van der Waals surface area contributed by atoms with E-state index in [1.807, 2.05) is 13.8 Å². The zero-order chi connectivity index (χ0) is 15.1. The molecule has 0 radical (unpaired) electrons. The molecule has 2 fully saturated rings. The SMILES string of the molecule is CC[C@@]1(C[C@@H]2OC(C)(C)O[C@@H]2C)[C@H](C)CC[C@H]1C(C)C. The first-order valence-electron chi connectivity index (χ1n) is 8.57. The van der Waals surface area contributed by atoms with Gasteiger partial charge in [0.15, 0.2) is 5.79 Å². The van der Waals surface area contributed by atoms with Gasteiger partial charge in [-0.2, -0.15) is 0 Å². The van der Waals surface area contributed by atoms with Crippen molar-refractivity contribution in [1.29, 1.82) is 0 Å². The minimum absolute atomic E-state index is 0.217. The fourth-order valence-electron chi connectivity index (χ4n) is 5.07. The first-order chi connectivity index (χ1) is 9.22. The van der Waals surface area contributed by atoms with E-state index in [1.54, 1.807) is 0 Å². The lowest BCUT2D eigenvalue weighted by molar-refractivity contribution is -0.149. The van der Waals surface area contributed by atoms with E-state index in [2.05, 4.69) is 34.6 Å². The molecule has 0 spiro atoms. The zero-order valence-corrected chi connectivity index (χ0v) is 14.5. The Hall–Kier alpha value is -0.0800. The van der Waals surface area contributed by atoms with Crippen LogP contribution in [-0.2, 0) is 9.47 Å². The Labute approximate surface area is 125 Å². The summed E-state index contributed by atoms with van der Waals surface area (Å²) in [5.74, 6) is 2.00. The lowest BCUT2D eigenvalue weighted by Gasteiger charge is -2.42. The molecule has 118 valence electrons. The van der Waals surface area contributed by atoms with Gasteiger partial charge in [0, 0.05) is 0 Å². The van der Waals surface area contributed by atoms with Crippen LogP contribution in [0.15, 0.2) is 0 Å². The second-order valence-corrected chi connectivity index (χ2v) is 8.00. The van der Waals surface area contributed by atoms with Gasteiger partial charge in [-0.1, -0.05) is 27.7 Å². The summed E-state index contributed by atoms with van der Waals surface area (Å²) in [4.78, 5) is 0. The van der Waals surface area contributed by atoms with Crippen LogP contribution in [0.25, 0.3) is 0 Å². The van der Waals surface area contributed by atoms with Gasteiger partial charge in [0.25, 0.3) is 0 Å². The van der Waals surface area contributed by atoms with Gasteiger partial charge in [-0.3, -0.25) is 0 Å². The van der Waals surface area contributed by atoms with Gasteiger partial charge in [-0.15, -0.1) is 0 Å². The van der Waals surface area contributed by atoms with Gasteiger partial charge < -0.3 is 9.47 Å². The van der Waals surface area contributed by atoms with Crippen LogP contribution < -0.4 is 0 Å². The summed E-state index contributed by atoms with van der Waals surface area (Å²) in [6.07, 6.45) is 5.67. The topological polar surface area (TPSA) is 18.5 Å². The van der Waals surface area contributed by atoms with Crippen LogP contribution in [0, 0.1) is 23.2 Å². The third-order valence-corrected chi connectivity index (χ3v) is 6.10. The molecule has 2 nitrogen and oxygen atoms in total. The second kappa shape index (κ2) is 5.61. The summed E-state index contributed by atoms with van der Waals surface area (Å²) < 4.78 is 12.2. The van der Waals surface area contributed by atoms with Gasteiger partial charge in [-0.05, 0) is 69.6 Å². The van der Waals surface area contributed by atoms with Crippen LogP contribution in [-0.4, -0.2) is 18.0 Å². The van der Waals surface area contributed by atoms with Gasteiger partial charge >= 0.3 is 0 Å². The van der Waals surface area contributed by atoms with Crippen LogP contribution >= 0.6 is 0 Å². The zero-order valence-electron chi connectivity index (χ0n) is 14.5. The van der Waals surface area contributed by atoms with Crippen molar-refractivity contribution in [2.75, 3.05) is 0 Å². The minimum Gasteiger partial charge on any atom is -0.345 e. The quantitative estimate of drug-likeness (QED) is 0.721. The third kappa shape index (κ3) is 2.78. The molecule has 0 aromatic rings. The van der Waals surface area contributed by atoms with Gasteiger partial charge in [0.2, 0.25) is 0 Å². The van der Waals surface area contributed by atoms with Crippen molar-refractivity contribution >= 4 is 0 Å². The fraction of sp³-hybridized carbons (Fsp3) is 1.00. The molecule has 0 aromatic carbocycles. The Morgan fingerprint density at radius 1 is 1.10 bits per heavy atom. The predicted octanol–water partition coefficient (Wildman–Crippen LogP) is 5.02. The Morgan fingerprint density at radius 2 is 1.75 bits per heavy atom. The van der Waals surface area contributed by atoms with Crippen molar-refractivity contribution in [3.05, 3.63) is 0 Å². The van der Waals surface area contributed by atoms with Crippen molar-refractivity contribution in [3.8, 4) is 0 Å². The van der Waals surface area contributed by atoms with E-state index < -0.39 is 5.79 Å². The average Bonchev–Trinajstić information content (AvgIpc) is 2.78. The van der Waals surface area contributed by atoms with Gasteiger partial charge in [-0.25, -0.2) is 0 Å². The van der Waals surface area contributed by atoms with E-state index in [9.17, 15) is 0 Å². The summed E-state index contributed by atoms with van der Waals surface area (Å²) in [6, 6.07) is 0. The Balaban J connectivity index is 2.19. The maximum atomic E-state index is 6.20. The molecule has 2 rings (SSSR count). The molecule has 1 saturated heterocycles. The van der Waals surface area contributed by atoms with E-state index in [0.29, 0.717) is 5.41 Å². The number of hydrogen-bond donors (Lipinski definition) is 0. The molecular formula is C18H34O2. The van der Waals surface area contributed by atoms with Crippen LogP contribution in [0.1, 0.15) is 74.1 Å². The molecule has 1 aliphatic heterocycles. The molecule has 1 heterocycles. The standard InChI is InChI=1S/C18H34O2/c1-8-18(13(4)9-10-15(18)12(2)3)11-16-14(5)19-17(6,7)20-16/h12-16H,8-11H2,1-7H3/t13-,14-,15+,16+,18-/m1/s1. The molecule has 5 atom stereocenters. The summed E-state index contributed by atoms with van der Waals surface area (Å²) in [5.41, 5.74) is 0.441. The molecule has 20 heavy (non-hydrogen) atoms. The summed E-state index contributed by atoms with van der Waals surface area (Å²) in [7, 11) is 0. The van der Waals surface area contributed by atoms with E-state index in [4.69, 9.17) is 9.47 Å². The molecule has 0 amide bonds. The van der Waals surface area contributed by atoms with E-state index in [1.165, 1.54) is 19.3 Å². The molecular weight excluding hydrogens is 248 g/mol. The van der Waals surface area contributed by atoms with E-state index in [-0.39, 0.29) is 12.2 Å². The highest BCUT2D eigenvalue weighted by atomic mass is 16.7. The lowest BCUT2D eigenvalue weighted by atomic mass is 9.63. The van der Waals surface area contributed by atoms with Gasteiger partial charge in [0.1, 0.15) is 0 Å².